The van der Waals surface area contributed by atoms with Gasteiger partial charge in [-0.25, -0.2) is 5.43 Å². The second-order valence-electron chi connectivity index (χ2n) is 2.14. The van der Waals surface area contributed by atoms with Gasteiger partial charge in [-0.1, -0.05) is 0 Å². The average molecular weight is 137 g/mol. The number of hydrazone groups is 1. The molecule has 0 fully saturated rings. The maximum absolute atomic E-state index is 10.8. The predicted octanol–water partition coefficient (Wildman–Crippen LogP) is 0.0220. The highest BCUT2D eigenvalue weighted by molar-refractivity contribution is 6.06. The van der Waals surface area contributed by atoms with Crippen molar-refractivity contribution in [1.82, 2.24) is 5.43 Å². The molecule has 1 heterocycles. The fourth-order valence-electron chi connectivity index (χ4n) is 0.821. The maximum Gasteiger partial charge on any atom is 0.249 e. The number of carbonyl (C=O) groups excluding carboxylic acids is 1. The van der Waals surface area contributed by atoms with Crippen molar-refractivity contribution in [2.75, 3.05) is 0 Å². The fourth-order valence-corrected chi connectivity index (χ4v) is 0.821. The van der Waals surface area contributed by atoms with Crippen LogP contribution in [0.5, 0.6) is 0 Å². The number of amides is 1. The first kappa shape index (κ1) is 6.75. The van der Waals surface area contributed by atoms with Gasteiger partial charge >= 0.3 is 0 Å². The number of nitrogens with zero attached hydrogens (tertiary/aromatic N) is 2. The lowest BCUT2D eigenvalue weighted by molar-refractivity contribution is -0.121. The molecule has 0 aliphatic carbocycles. The normalized spacial score (nSPS) is 23.4. The largest absolute Gasteiger partial charge is 0.272 e. The summed E-state index contributed by atoms with van der Waals surface area (Å²) in [5, 5.41) is 12.0. The van der Waals surface area contributed by atoms with E-state index in [4.69, 9.17) is 5.26 Å². The van der Waals surface area contributed by atoms with Gasteiger partial charge in [-0.15, -0.1) is 0 Å². The summed E-state index contributed by atoms with van der Waals surface area (Å²) in [6.07, 6.45) is 0.223. The summed E-state index contributed by atoms with van der Waals surface area (Å²) in [6.45, 7) is 1.74. The number of hydrogen-bond acceptors (Lipinski definition) is 3. The zero-order valence-corrected chi connectivity index (χ0v) is 5.59. The Hall–Kier alpha value is -1.37. The second-order valence-corrected chi connectivity index (χ2v) is 2.14. The van der Waals surface area contributed by atoms with Gasteiger partial charge in [0.2, 0.25) is 5.91 Å². The monoisotopic (exact) mass is 137 g/mol. The number of nitriles is 1. The third-order valence-electron chi connectivity index (χ3n) is 1.46. The van der Waals surface area contributed by atoms with Crippen LogP contribution in [0, 0.1) is 17.2 Å². The molecule has 1 rings (SSSR count). The zero-order chi connectivity index (χ0) is 7.56. The molecule has 0 aromatic carbocycles. The third kappa shape index (κ3) is 0.982. The van der Waals surface area contributed by atoms with E-state index in [1.807, 2.05) is 6.07 Å². The molecule has 4 nitrogen and oxygen atoms in total. The van der Waals surface area contributed by atoms with Gasteiger partial charge < -0.3 is 0 Å². The molecule has 0 aromatic rings. The van der Waals surface area contributed by atoms with Crippen LogP contribution in [0.15, 0.2) is 5.10 Å². The molecule has 52 valence electrons. The van der Waals surface area contributed by atoms with E-state index in [1.54, 1.807) is 6.92 Å². The van der Waals surface area contributed by atoms with Crippen LogP contribution in [0.1, 0.15) is 13.3 Å². The number of carbonyl (C=O) groups is 1. The van der Waals surface area contributed by atoms with E-state index in [0.717, 1.165) is 0 Å². The molecular formula is C6H7N3O. The smallest absolute Gasteiger partial charge is 0.249 e. The van der Waals surface area contributed by atoms with Gasteiger partial charge in [-0.05, 0) is 6.92 Å². The van der Waals surface area contributed by atoms with Gasteiger partial charge in [0, 0.05) is 5.71 Å². The standard InChI is InChI=1S/C6H7N3O/c1-4-5(2-3-7)6(10)9-8-4/h5H,2H2,1H3,(H,9,10)/t5-/m0/s1. The summed E-state index contributed by atoms with van der Waals surface area (Å²) in [4.78, 5) is 10.8. The van der Waals surface area contributed by atoms with E-state index < -0.39 is 0 Å². The molecular weight excluding hydrogens is 130 g/mol. The minimum atomic E-state index is -0.315. The lowest BCUT2D eigenvalue weighted by atomic mass is 10.0. The Labute approximate surface area is 58.5 Å². The molecule has 1 aliphatic heterocycles. The molecule has 4 heteroatoms. The predicted molar refractivity (Wildman–Crippen MR) is 35.0 cm³/mol. The second kappa shape index (κ2) is 2.48. The molecule has 1 amide bonds. The molecule has 1 aliphatic rings. The van der Waals surface area contributed by atoms with Crippen LogP contribution < -0.4 is 5.43 Å². The minimum absolute atomic E-state index is 0.168. The van der Waals surface area contributed by atoms with E-state index in [1.165, 1.54) is 0 Å². The van der Waals surface area contributed by atoms with Gasteiger partial charge in [0.25, 0.3) is 0 Å². The lowest BCUT2D eigenvalue weighted by Gasteiger charge is -1.98. The van der Waals surface area contributed by atoms with Crippen molar-refractivity contribution in [3.05, 3.63) is 0 Å². The van der Waals surface area contributed by atoms with E-state index in [2.05, 4.69) is 10.5 Å². The Bertz CT molecular complexity index is 226. The maximum atomic E-state index is 10.8. The zero-order valence-electron chi connectivity index (χ0n) is 5.59. The van der Waals surface area contributed by atoms with Crippen molar-refractivity contribution in [2.45, 2.75) is 13.3 Å². The Morgan fingerprint density at radius 3 is 3.00 bits per heavy atom. The minimum Gasteiger partial charge on any atom is -0.272 e. The SMILES string of the molecule is CC1=NNC(=O)[C@H]1CC#N. The van der Waals surface area contributed by atoms with Crippen LogP contribution in [0.4, 0.5) is 0 Å². The Kier molecular flexibility index (Phi) is 1.67. The van der Waals surface area contributed by atoms with Crippen LogP contribution in [-0.4, -0.2) is 11.6 Å². The van der Waals surface area contributed by atoms with Crippen LogP contribution in [0.2, 0.25) is 0 Å². The van der Waals surface area contributed by atoms with Crippen LogP contribution in [0.25, 0.3) is 0 Å². The van der Waals surface area contributed by atoms with Crippen molar-refractivity contribution >= 4 is 11.6 Å². The Morgan fingerprint density at radius 2 is 2.60 bits per heavy atom. The summed E-state index contributed by atoms with van der Waals surface area (Å²) < 4.78 is 0. The number of rotatable bonds is 1. The summed E-state index contributed by atoms with van der Waals surface area (Å²) in [5.74, 6) is -0.482. The van der Waals surface area contributed by atoms with Gasteiger partial charge in [-0.2, -0.15) is 10.4 Å². The highest BCUT2D eigenvalue weighted by Crippen LogP contribution is 2.09. The van der Waals surface area contributed by atoms with E-state index in [-0.39, 0.29) is 18.2 Å². The summed E-state index contributed by atoms with van der Waals surface area (Å²) >= 11 is 0. The summed E-state index contributed by atoms with van der Waals surface area (Å²) in [7, 11) is 0. The van der Waals surface area contributed by atoms with Gasteiger partial charge in [-0.3, -0.25) is 4.79 Å². The molecule has 0 saturated heterocycles. The molecule has 0 radical (unpaired) electrons. The Morgan fingerprint density at radius 1 is 1.90 bits per heavy atom. The van der Waals surface area contributed by atoms with Crippen molar-refractivity contribution < 1.29 is 4.79 Å². The van der Waals surface area contributed by atoms with Crippen molar-refractivity contribution in [2.24, 2.45) is 11.0 Å². The van der Waals surface area contributed by atoms with Crippen molar-refractivity contribution in [3.8, 4) is 6.07 Å². The van der Waals surface area contributed by atoms with Gasteiger partial charge in [0.15, 0.2) is 0 Å². The molecule has 0 spiro atoms. The lowest BCUT2D eigenvalue weighted by Crippen LogP contribution is -2.21. The highest BCUT2D eigenvalue weighted by atomic mass is 16.2. The van der Waals surface area contributed by atoms with Crippen molar-refractivity contribution in [3.63, 3.8) is 0 Å². The first-order valence-corrected chi connectivity index (χ1v) is 2.96. The van der Waals surface area contributed by atoms with Gasteiger partial charge in [0.1, 0.15) is 0 Å². The van der Waals surface area contributed by atoms with E-state index >= 15 is 0 Å². The van der Waals surface area contributed by atoms with Crippen LogP contribution in [-0.2, 0) is 4.79 Å². The summed E-state index contributed by atoms with van der Waals surface area (Å²) in [6, 6.07) is 1.93. The molecule has 0 saturated carbocycles. The van der Waals surface area contributed by atoms with Gasteiger partial charge in [0.05, 0.1) is 18.4 Å². The van der Waals surface area contributed by atoms with Crippen LogP contribution in [0.3, 0.4) is 0 Å². The summed E-state index contributed by atoms with van der Waals surface area (Å²) in [5.41, 5.74) is 3.00. The Balaban J connectivity index is 2.67. The number of nitrogens with one attached hydrogen (secondary N) is 1. The van der Waals surface area contributed by atoms with Crippen LogP contribution >= 0.6 is 0 Å². The molecule has 1 N–H and O–H groups in total. The first-order chi connectivity index (χ1) is 4.75. The number of hydrogen-bond donors (Lipinski definition) is 1. The van der Waals surface area contributed by atoms with Crippen molar-refractivity contribution in [1.29, 1.82) is 5.26 Å². The fraction of sp³-hybridized carbons (Fsp3) is 0.500. The van der Waals surface area contributed by atoms with E-state index in [9.17, 15) is 4.79 Å². The van der Waals surface area contributed by atoms with E-state index in [0.29, 0.717) is 5.71 Å². The average Bonchev–Trinajstić information content (AvgIpc) is 2.20. The molecule has 0 bridgehead atoms. The third-order valence-corrected chi connectivity index (χ3v) is 1.46. The molecule has 0 unspecified atom stereocenters. The molecule has 0 aromatic heterocycles. The highest BCUT2D eigenvalue weighted by Gasteiger charge is 2.25. The first-order valence-electron chi connectivity index (χ1n) is 2.96. The molecule has 1 atom stereocenters. The molecule has 10 heavy (non-hydrogen) atoms. The quantitative estimate of drug-likeness (QED) is 0.553. The topological polar surface area (TPSA) is 65.2 Å².